The highest BCUT2D eigenvalue weighted by atomic mass is 16.6. The molecule has 140 valence electrons. The van der Waals surface area contributed by atoms with E-state index in [1.807, 2.05) is 12.1 Å². The van der Waals surface area contributed by atoms with Gasteiger partial charge in [-0.2, -0.15) is 0 Å². The summed E-state index contributed by atoms with van der Waals surface area (Å²) in [5.41, 5.74) is 2.83. The summed E-state index contributed by atoms with van der Waals surface area (Å²) in [4.78, 5) is 29.9. The van der Waals surface area contributed by atoms with Crippen LogP contribution in [0.25, 0.3) is 0 Å². The van der Waals surface area contributed by atoms with E-state index in [1.54, 1.807) is 60.7 Å². The molecule has 1 aliphatic heterocycles. The maximum Gasteiger partial charge on any atom is 0.292 e. The molecular formula is C20H17N5O3. The Balaban J connectivity index is 1.87. The monoisotopic (exact) mass is 375 g/mol. The van der Waals surface area contributed by atoms with Crippen molar-refractivity contribution in [3.05, 3.63) is 88.2 Å². The van der Waals surface area contributed by atoms with Crippen LogP contribution in [0, 0.1) is 10.1 Å². The number of aromatic nitrogens is 1. The lowest BCUT2D eigenvalue weighted by molar-refractivity contribution is -0.384. The van der Waals surface area contributed by atoms with Crippen molar-refractivity contribution in [2.75, 3.05) is 22.6 Å². The molecule has 3 aromatic rings. The van der Waals surface area contributed by atoms with Crippen LogP contribution < -0.4 is 15.5 Å². The number of para-hydroxylation sites is 1. The van der Waals surface area contributed by atoms with E-state index in [0.717, 1.165) is 0 Å². The van der Waals surface area contributed by atoms with E-state index in [-0.39, 0.29) is 11.6 Å². The first kappa shape index (κ1) is 17.5. The molecule has 0 aliphatic carbocycles. The van der Waals surface area contributed by atoms with Crippen LogP contribution in [0.3, 0.4) is 0 Å². The molecule has 8 nitrogen and oxygen atoms in total. The summed E-state index contributed by atoms with van der Waals surface area (Å²) < 4.78 is 0. The summed E-state index contributed by atoms with van der Waals surface area (Å²) in [6.07, 6.45) is 2.61. The molecule has 0 fully saturated rings. The number of nitro groups is 1. The Morgan fingerprint density at radius 2 is 1.89 bits per heavy atom. The molecule has 28 heavy (non-hydrogen) atoms. The van der Waals surface area contributed by atoms with Crippen molar-refractivity contribution in [2.45, 2.75) is 6.17 Å². The Kier molecular flexibility index (Phi) is 4.36. The van der Waals surface area contributed by atoms with E-state index in [9.17, 15) is 14.9 Å². The van der Waals surface area contributed by atoms with Gasteiger partial charge >= 0.3 is 0 Å². The number of nitrogens with one attached hydrogen (secondary N) is 2. The number of fused-ring (bicyclic) bond motifs is 1. The predicted octanol–water partition coefficient (Wildman–Crippen LogP) is 3.80. The number of anilines is 3. The SMILES string of the molecule is CNc1ccc([C@H]2Nc3ccccc3C(=O)N2c2ccncc2)cc1[N+](=O)[O-]. The standard InChI is InChI=1S/C20H17N5O3/c1-21-17-7-6-13(12-18(17)25(27)28)19-23-16-5-3-2-4-15(16)20(26)24(19)14-8-10-22-11-9-14/h2-12,19,21,23H,1H3/t19-/m0/s1. The van der Waals surface area contributed by atoms with Gasteiger partial charge in [0, 0.05) is 42.4 Å². The molecule has 0 saturated heterocycles. The number of amides is 1. The highest BCUT2D eigenvalue weighted by molar-refractivity contribution is 6.12. The zero-order valence-corrected chi connectivity index (χ0v) is 15.0. The molecule has 1 atom stereocenters. The van der Waals surface area contributed by atoms with Crippen LogP contribution in [0.15, 0.2) is 67.0 Å². The van der Waals surface area contributed by atoms with Crippen molar-refractivity contribution in [1.29, 1.82) is 0 Å². The third-order valence-electron chi connectivity index (χ3n) is 4.67. The highest BCUT2D eigenvalue weighted by Gasteiger charge is 2.34. The van der Waals surface area contributed by atoms with E-state index in [1.165, 1.54) is 6.07 Å². The lowest BCUT2D eigenvalue weighted by Gasteiger charge is -2.38. The fourth-order valence-corrected chi connectivity index (χ4v) is 3.34. The van der Waals surface area contributed by atoms with Crippen LogP contribution in [0.2, 0.25) is 0 Å². The van der Waals surface area contributed by atoms with Crippen molar-refractivity contribution in [3.63, 3.8) is 0 Å². The number of carbonyl (C=O) groups excluding carboxylic acids is 1. The van der Waals surface area contributed by atoms with Gasteiger partial charge < -0.3 is 10.6 Å². The van der Waals surface area contributed by atoms with Gasteiger partial charge in [0.15, 0.2) is 0 Å². The first-order valence-corrected chi connectivity index (χ1v) is 8.65. The van der Waals surface area contributed by atoms with Crippen molar-refractivity contribution in [1.82, 2.24) is 4.98 Å². The van der Waals surface area contributed by atoms with Crippen LogP contribution >= 0.6 is 0 Å². The minimum absolute atomic E-state index is 0.0530. The van der Waals surface area contributed by atoms with E-state index in [0.29, 0.717) is 28.2 Å². The number of pyridine rings is 1. The van der Waals surface area contributed by atoms with Crippen molar-refractivity contribution < 1.29 is 9.72 Å². The van der Waals surface area contributed by atoms with Crippen molar-refractivity contribution >= 4 is 28.7 Å². The zero-order chi connectivity index (χ0) is 19.7. The van der Waals surface area contributed by atoms with Crippen LogP contribution in [-0.2, 0) is 0 Å². The lowest BCUT2D eigenvalue weighted by atomic mass is 10.0. The fourth-order valence-electron chi connectivity index (χ4n) is 3.34. The van der Waals surface area contributed by atoms with Gasteiger partial charge in [0.1, 0.15) is 11.9 Å². The summed E-state index contributed by atoms with van der Waals surface area (Å²) in [5, 5.41) is 17.6. The second-order valence-corrected chi connectivity index (χ2v) is 6.26. The average molecular weight is 375 g/mol. The molecule has 1 aliphatic rings. The second-order valence-electron chi connectivity index (χ2n) is 6.26. The molecule has 8 heteroatoms. The molecule has 2 N–H and O–H groups in total. The van der Waals surface area contributed by atoms with E-state index < -0.39 is 11.1 Å². The largest absolute Gasteiger partial charge is 0.383 e. The van der Waals surface area contributed by atoms with Crippen molar-refractivity contribution in [2.24, 2.45) is 0 Å². The second kappa shape index (κ2) is 6.99. The van der Waals surface area contributed by atoms with E-state index >= 15 is 0 Å². The lowest BCUT2D eigenvalue weighted by Crippen LogP contribution is -2.43. The van der Waals surface area contributed by atoms with Gasteiger partial charge in [-0.25, -0.2) is 0 Å². The van der Waals surface area contributed by atoms with Gasteiger partial charge in [-0.3, -0.25) is 24.8 Å². The van der Waals surface area contributed by atoms with Gasteiger partial charge in [-0.15, -0.1) is 0 Å². The molecule has 2 heterocycles. The minimum atomic E-state index is -0.602. The summed E-state index contributed by atoms with van der Waals surface area (Å²) in [6, 6.07) is 15.6. The summed E-state index contributed by atoms with van der Waals surface area (Å²) in [5.74, 6) is -0.189. The smallest absolute Gasteiger partial charge is 0.292 e. The Hall–Kier alpha value is -3.94. The Morgan fingerprint density at radius 3 is 2.61 bits per heavy atom. The Labute approximate surface area is 161 Å². The van der Waals surface area contributed by atoms with Gasteiger partial charge in [-0.1, -0.05) is 18.2 Å². The molecule has 4 rings (SSSR count). The Bertz CT molecular complexity index is 1050. The molecule has 0 saturated carbocycles. The van der Waals surface area contributed by atoms with Crippen LogP contribution in [-0.4, -0.2) is 22.9 Å². The minimum Gasteiger partial charge on any atom is -0.383 e. The molecule has 0 bridgehead atoms. The normalized spacial score (nSPS) is 15.5. The summed E-state index contributed by atoms with van der Waals surface area (Å²) >= 11 is 0. The molecule has 0 radical (unpaired) electrons. The Morgan fingerprint density at radius 1 is 1.14 bits per heavy atom. The predicted molar refractivity (Wildman–Crippen MR) is 106 cm³/mol. The average Bonchev–Trinajstić information content (AvgIpc) is 2.73. The summed E-state index contributed by atoms with van der Waals surface area (Å²) in [7, 11) is 1.63. The number of benzene rings is 2. The van der Waals surface area contributed by atoms with Crippen molar-refractivity contribution in [3.8, 4) is 0 Å². The molecule has 1 amide bonds. The maximum atomic E-state index is 13.3. The first-order chi connectivity index (χ1) is 13.6. The maximum absolute atomic E-state index is 13.3. The van der Waals surface area contributed by atoms with Gasteiger partial charge in [0.25, 0.3) is 11.6 Å². The van der Waals surface area contributed by atoms with Gasteiger partial charge in [0.2, 0.25) is 0 Å². The number of nitro benzene ring substituents is 1. The molecular weight excluding hydrogens is 358 g/mol. The number of rotatable bonds is 4. The van der Waals surface area contributed by atoms with Gasteiger partial charge in [-0.05, 0) is 30.3 Å². The van der Waals surface area contributed by atoms with Crippen LogP contribution in [0.5, 0.6) is 0 Å². The molecule has 2 aromatic carbocycles. The number of hydrogen-bond donors (Lipinski definition) is 2. The molecule has 0 unspecified atom stereocenters. The fraction of sp³-hybridized carbons (Fsp3) is 0.100. The third kappa shape index (κ3) is 2.90. The number of carbonyl (C=O) groups is 1. The third-order valence-corrected chi connectivity index (χ3v) is 4.67. The van der Waals surface area contributed by atoms with Crippen LogP contribution in [0.1, 0.15) is 22.1 Å². The zero-order valence-electron chi connectivity index (χ0n) is 15.0. The quantitative estimate of drug-likeness (QED) is 0.531. The molecule has 1 aromatic heterocycles. The van der Waals surface area contributed by atoms with E-state index in [4.69, 9.17) is 0 Å². The first-order valence-electron chi connectivity index (χ1n) is 8.65. The van der Waals surface area contributed by atoms with E-state index in [2.05, 4.69) is 15.6 Å². The number of nitrogens with zero attached hydrogens (tertiary/aromatic N) is 3. The summed E-state index contributed by atoms with van der Waals surface area (Å²) in [6.45, 7) is 0. The topological polar surface area (TPSA) is 100 Å². The molecule has 0 spiro atoms. The van der Waals surface area contributed by atoms with Crippen LogP contribution in [0.4, 0.5) is 22.7 Å². The highest BCUT2D eigenvalue weighted by Crippen LogP contribution is 2.38. The van der Waals surface area contributed by atoms with Gasteiger partial charge in [0.05, 0.1) is 10.5 Å². The number of hydrogen-bond acceptors (Lipinski definition) is 6.